The Bertz CT molecular complexity index is 1610. The molecule has 1 unspecified atom stereocenters. The van der Waals surface area contributed by atoms with Gasteiger partial charge >= 0.3 is 244 Å². The first kappa shape index (κ1) is 27.5. The molecule has 0 radical (unpaired) electrons. The summed E-state index contributed by atoms with van der Waals surface area (Å²) in [6.07, 6.45) is 5.42. The Morgan fingerprint density at radius 3 is 1.98 bits per heavy atom. The van der Waals surface area contributed by atoms with E-state index in [1.165, 1.54) is 11.5 Å². The number of amides is 2. The number of urea groups is 1. The summed E-state index contributed by atoms with van der Waals surface area (Å²) in [6, 6.07) is 26.8. The van der Waals surface area contributed by atoms with Gasteiger partial charge in [0.05, 0.1) is 0 Å². The number of hydrogen-bond donors (Lipinski definition) is 0. The Balaban J connectivity index is 1.52. The van der Waals surface area contributed by atoms with E-state index in [1.54, 1.807) is 11.1 Å². The van der Waals surface area contributed by atoms with E-state index in [0.29, 0.717) is 29.0 Å². The summed E-state index contributed by atoms with van der Waals surface area (Å²) in [5.41, 5.74) is 1.61. The zero-order valence-corrected chi connectivity index (χ0v) is 24.7. The molecule has 41 heavy (non-hydrogen) atoms. The molecule has 1 aromatic heterocycles. The third-order valence-corrected chi connectivity index (χ3v) is 15.2. The van der Waals surface area contributed by atoms with Crippen LogP contribution in [0.1, 0.15) is 12.5 Å². The Labute approximate surface area is 243 Å². The van der Waals surface area contributed by atoms with Crippen LogP contribution in [0.5, 0.6) is 0 Å². The van der Waals surface area contributed by atoms with Gasteiger partial charge in [-0.3, -0.25) is 0 Å². The van der Waals surface area contributed by atoms with E-state index < -0.39 is 29.3 Å². The van der Waals surface area contributed by atoms with Crippen molar-refractivity contribution in [3.8, 4) is 0 Å². The fourth-order valence-electron chi connectivity index (χ4n) is 5.71. The van der Waals surface area contributed by atoms with E-state index in [1.807, 2.05) is 121 Å². The SMILES string of the molecule is CC=CP(OS(=O)(=O)ON1C(=O)N2CC=C(c3cnsc3)C1C2)(c1ccccc1)(c1ccccc1)c1ccccc1. The van der Waals surface area contributed by atoms with Gasteiger partial charge in [0.1, 0.15) is 0 Å². The molecule has 11 heteroatoms. The van der Waals surface area contributed by atoms with Crippen molar-refractivity contribution in [1.29, 1.82) is 0 Å². The molecule has 4 aromatic rings. The molecular formula is C30H28N3O5PS2. The number of hydrogen-bond acceptors (Lipinski definition) is 7. The van der Waals surface area contributed by atoms with Gasteiger partial charge in [-0.1, -0.05) is 0 Å². The number of carbonyl (C=O) groups excluding carboxylic acids is 1. The van der Waals surface area contributed by atoms with Gasteiger partial charge < -0.3 is 0 Å². The van der Waals surface area contributed by atoms with Gasteiger partial charge in [-0.05, 0) is 0 Å². The fourth-order valence-corrected chi connectivity index (χ4v) is 13.8. The van der Waals surface area contributed by atoms with E-state index >= 15 is 0 Å². The van der Waals surface area contributed by atoms with Gasteiger partial charge in [0.25, 0.3) is 0 Å². The van der Waals surface area contributed by atoms with Crippen molar-refractivity contribution in [1.82, 2.24) is 14.3 Å². The zero-order valence-electron chi connectivity index (χ0n) is 22.2. The third kappa shape index (κ3) is 4.52. The van der Waals surface area contributed by atoms with Crippen LogP contribution in [-0.4, -0.2) is 47.9 Å². The summed E-state index contributed by atoms with van der Waals surface area (Å²) in [5, 5.41) is 4.80. The van der Waals surface area contributed by atoms with Gasteiger partial charge in [-0.25, -0.2) is 0 Å². The number of benzene rings is 3. The van der Waals surface area contributed by atoms with E-state index in [-0.39, 0.29) is 0 Å². The Kier molecular flexibility index (Phi) is 7.13. The number of carbonyl (C=O) groups is 1. The van der Waals surface area contributed by atoms with Crippen LogP contribution in [0.3, 0.4) is 0 Å². The molecule has 3 aromatic carbocycles. The normalized spacial score (nSPS) is 18.4. The first-order valence-electron chi connectivity index (χ1n) is 13.0. The average molecular weight is 606 g/mol. The summed E-state index contributed by atoms with van der Waals surface area (Å²) in [6.45, 7) is -1.93. The van der Waals surface area contributed by atoms with Crippen LogP contribution in [0, 0.1) is 0 Å². The third-order valence-electron chi connectivity index (χ3n) is 7.45. The Hall–Kier alpha value is -3.66. The van der Waals surface area contributed by atoms with Crippen molar-refractivity contribution in [3.63, 3.8) is 0 Å². The molecule has 3 heterocycles. The topological polar surface area (TPSA) is 89.0 Å². The molecule has 8 nitrogen and oxygen atoms in total. The first-order chi connectivity index (χ1) is 19.9. The van der Waals surface area contributed by atoms with Crippen LogP contribution in [0.2, 0.25) is 0 Å². The van der Waals surface area contributed by atoms with Crippen molar-refractivity contribution >= 4 is 56.3 Å². The van der Waals surface area contributed by atoms with Crippen LogP contribution < -0.4 is 15.9 Å². The number of nitrogens with zero attached hydrogens (tertiary/aromatic N) is 3. The van der Waals surface area contributed by atoms with Gasteiger partial charge in [0, 0.05) is 0 Å². The number of aromatic nitrogens is 1. The molecule has 2 aliphatic rings. The summed E-state index contributed by atoms with van der Waals surface area (Å²) in [7, 11) is -4.87. The second-order valence-corrected chi connectivity index (χ2v) is 16.0. The molecule has 0 spiro atoms. The fraction of sp³-hybridized carbons (Fsp3) is 0.133. The predicted molar refractivity (Wildman–Crippen MR) is 164 cm³/mol. The number of allylic oxidation sites excluding steroid dienone is 1. The molecule has 1 atom stereocenters. The van der Waals surface area contributed by atoms with Crippen molar-refractivity contribution in [2.24, 2.45) is 0 Å². The Morgan fingerprint density at radius 1 is 0.927 bits per heavy atom. The zero-order chi connectivity index (χ0) is 28.5. The maximum absolute atomic E-state index is 14.2. The molecule has 2 bridgehead atoms. The summed E-state index contributed by atoms with van der Waals surface area (Å²) in [5.74, 6) is 1.85. The van der Waals surface area contributed by atoms with E-state index in [4.69, 9.17) is 8.25 Å². The molecule has 6 rings (SSSR count). The van der Waals surface area contributed by atoms with Gasteiger partial charge in [0.2, 0.25) is 0 Å². The van der Waals surface area contributed by atoms with Crippen molar-refractivity contribution in [2.75, 3.05) is 13.1 Å². The van der Waals surface area contributed by atoms with Crippen LogP contribution in [0.25, 0.3) is 5.57 Å². The maximum atomic E-state index is 14.2. The molecule has 2 aliphatic heterocycles. The minimum atomic E-state index is -4.87. The van der Waals surface area contributed by atoms with Gasteiger partial charge in [-0.2, -0.15) is 0 Å². The van der Waals surface area contributed by atoms with E-state index in [9.17, 15) is 13.2 Å². The summed E-state index contributed by atoms with van der Waals surface area (Å²) < 4.78 is 44.9. The van der Waals surface area contributed by atoms with E-state index in [0.717, 1.165) is 16.2 Å². The molecule has 2 amide bonds. The number of fused-ring (bicyclic) bond motifs is 2. The predicted octanol–water partition coefficient (Wildman–Crippen LogP) is 4.82. The average Bonchev–Trinajstić information content (AvgIpc) is 3.62. The standard InChI is InChI=1S/C30H28N3O5PS2/c1-2-20-39(25-12-6-3-7-13-25,26-14-8-4-9-15-26,27-16-10-5-11-17-27)38-41(35,36)37-33-29-22-32(30(33)34)19-18-28(29)24-21-31-40-23-24/h2-18,20-21,23,29H,19,22H2,1H3. The quantitative estimate of drug-likeness (QED) is 0.254. The van der Waals surface area contributed by atoms with Crippen LogP contribution in [0.4, 0.5) is 4.79 Å². The summed E-state index contributed by atoms with van der Waals surface area (Å²) in [4.78, 5) is 14.9. The number of hydroxylamine groups is 2. The number of rotatable bonds is 9. The second-order valence-electron chi connectivity index (χ2n) is 9.75. The summed E-state index contributed by atoms with van der Waals surface area (Å²) >= 11 is 1.29. The molecule has 1 fully saturated rings. The molecule has 210 valence electrons. The molecular weight excluding hydrogens is 577 g/mol. The van der Waals surface area contributed by atoms with Crippen molar-refractivity contribution < 1.29 is 21.5 Å². The van der Waals surface area contributed by atoms with Gasteiger partial charge in [0.15, 0.2) is 0 Å². The van der Waals surface area contributed by atoms with E-state index in [2.05, 4.69) is 4.37 Å². The van der Waals surface area contributed by atoms with Crippen molar-refractivity contribution in [2.45, 2.75) is 13.0 Å². The molecule has 0 N–H and O–H groups in total. The monoisotopic (exact) mass is 605 g/mol. The molecule has 0 saturated carbocycles. The van der Waals surface area contributed by atoms with Gasteiger partial charge in [-0.15, -0.1) is 0 Å². The Morgan fingerprint density at radius 2 is 1.49 bits per heavy atom. The first-order valence-corrected chi connectivity index (χ1v) is 17.4. The second kappa shape index (κ2) is 10.6. The molecule has 0 aliphatic carbocycles. The van der Waals surface area contributed by atoms with Crippen LogP contribution in [0.15, 0.2) is 121 Å². The molecule has 1 saturated heterocycles. The van der Waals surface area contributed by atoms with Crippen LogP contribution in [-0.2, 0) is 18.7 Å². The van der Waals surface area contributed by atoms with Crippen molar-refractivity contribution in [3.05, 3.63) is 126 Å². The minimum absolute atomic E-state index is 0.296. The van der Waals surface area contributed by atoms with Crippen LogP contribution >= 0.6 is 18.4 Å².